The summed E-state index contributed by atoms with van der Waals surface area (Å²) < 4.78 is 13.0. The molecule has 0 bridgehead atoms. The van der Waals surface area contributed by atoms with E-state index in [0.29, 0.717) is 31.7 Å². The van der Waals surface area contributed by atoms with Crippen molar-refractivity contribution in [3.63, 3.8) is 0 Å². The number of benzene rings is 1. The van der Waals surface area contributed by atoms with E-state index in [4.69, 9.17) is 0 Å². The summed E-state index contributed by atoms with van der Waals surface area (Å²) in [6.45, 7) is 1.47. The lowest BCUT2D eigenvalue weighted by Gasteiger charge is -2.18. The number of aromatic nitrogens is 1. The second-order valence-electron chi connectivity index (χ2n) is 5.79. The molecule has 1 N–H and O–H groups in total. The molecule has 2 heterocycles. The third kappa shape index (κ3) is 4.32. The van der Waals surface area contributed by atoms with Gasteiger partial charge >= 0.3 is 6.03 Å². The van der Waals surface area contributed by atoms with Crippen molar-refractivity contribution in [1.82, 2.24) is 15.2 Å². The molecule has 6 nitrogen and oxygen atoms in total. The summed E-state index contributed by atoms with van der Waals surface area (Å²) in [6.07, 6.45) is 4.14. The molecule has 2 aromatic rings. The smallest absolute Gasteiger partial charge is 0.325 e. The summed E-state index contributed by atoms with van der Waals surface area (Å²) in [6, 6.07) is 9.31. The molecule has 0 spiro atoms. The van der Waals surface area contributed by atoms with Gasteiger partial charge in [0.05, 0.1) is 0 Å². The van der Waals surface area contributed by atoms with Crippen LogP contribution in [0.1, 0.15) is 5.56 Å². The Bertz CT molecular complexity index is 737. The monoisotopic (exact) mass is 342 g/mol. The van der Waals surface area contributed by atoms with Crippen LogP contribution >= 0.6 is 0 Å². The summed E-state index contributed by atoms with van der Waals surface area (Å²) in [7, 11) is 0. The van der Waals surface area contributed by atoms with E-state index in [9.17, 15) is 14.0 Å². The van der Waals surface area contributed by atoms with Crippen LogP contribution in [0.5, 0.6) is 0 Å². The molecule has 1 aromatic carbocycles. The van der Waals surface area contributed by atoms with Gasteiger partial charge in [-0.3, -0.25) is 14.7 Å². The summed E-state index contributed by atoms with van der Waals surface area (Å²) in [5, 5.41) is 2.82. The van der Waals surface area contributed by atoms with Crippen LogP contribution in [0.4, 0.5) is 14.9 Å². The number of rotatable bonds is 6. The van der Waals surface area contributed by atoms with Crippen molar-refractivity contribution in [2.75, 3.05) is 31.1 Å². The van der Waals surface area contributed by atoms with Gasteiger partial charge in [0.25, 0.3) is 0 Å². The summed E-state index contributed by atoms with van der Waals surface area (Å²) in [5.74, 6) is -0.538. The molecule has 0 unspecified atom stereocenters. The SMILES string of the molecule is O=C(CN1CCN(c2ccc(F)cc2)C1=O)NCCc1ccncc1. The molecule has 0 aliphatic carbocycles. The van der Waals surface area contributed by atoms with Crippen LogP contribution in [-0.4, -0.2) is 48.0 Å². The van der Waals surface area contributed by atoms with Gasteiger partial charge in [-0.1, -0.05) is 0 Å². The standard InChI is InChI=1S/C18H19FN4O2/c19-15-1-3-16(4-2-15)23-12-11-22(18(23)25)13-17(24)21-10-7-14-5-8-20-9-6-14/h1-6,8-9H,7,10-13H2,(H,21,24). The third-order valence-electron chi connectivity index (χ3n) is 4.05. The van der Waals surface area contributed by atoms with E-state index in [2.05, 4.69) is 10.3 Å². The zero-order valence-corrected chi connectivity index (χ0v) is 13.7. The Labute approximate surface area is 145 Å². The van der Waals surface area contributed by atoms with Crippen LogP contribution in [0.15, 0.2) is 48.8 Å². The summed E-state index contributed by atoms with van der Waals surface area (Å²) in [4.78, 5) is 31.4. The Kier molecular flexibility index (Phi) is 5.23. The first kappa shape index (κ1) is 16.9. The van der Waals surface area contributed by atoms with Crippen molar-refractivity contribution >= 4 is 17.6 Å². The van der Waals surface area contributed by atoms with E-state index < -0.39 is 0 Å². The number of anilines is 1. The zero-order valence-electron chi connectivity index (χ0n) is 13.7. The fraction of sp³-hybridized carbons (Fsp3) is 0.278. The number of pyridine rings is 1. The van der Waals surface area contributed by atoms with Crippen LogP contribution in [-0.2, 0) is 11.2 Å². The first-order valence-corrected chi connectivity index (χ1v) is 8.11. The molecule has 1 fully saturated rings. The van der Waals surface area contributed by atoms with Gasteiger partial charge in [-0.15, -0.1) is 0 Å². The maximum Gasteiger partial charge on any atom is 0.325 e. The second-order valence-corrected chi connectivity index (χ2v) is 5.79. The normalized spacial score (nSPS) is 14.0. The maximum absolute atomic E-state index is 13.0. The summed E-state index contributed by atoms with van der Waals surface area (Å²) in [5.41, 5.74) is 1.72. The van der Waals surface area contributed by atoms with Crippen molar-refractivity contribution in [2.24, 2.45) is 0 Å². The largest absolute Gasteiger partial charge is 0.354 e. The molecule has 0 atom stereocenters. The highest BCUT2D eigenvalue weighted by Crippen LogP contribution is 2.20. The molecule has 1 aromatic heterocycles. The van der Waals surface area contributed by atoms with Gasteiger partial charge < -0.3 is 10.2 Å². The molecular formula is C18H19FN4O2. The van der Waals surface area contributed by atoms with E-state index in [1.54, 1.807) is 29.4 Å². The zero-order chi connectivity index (χ0) is 17.6. The minimum atomic E-state index is -0.346. The minimum absolute atomic E-state index is 0.0207. The fourth-order valence-corrected chi connectivity index (χ4v) is 2.71. The second kappa shape index (κ2) is 7.74. The predicted molar refractivity (Wildman–Crippen MR) is 91.7 cm³/mol. The highest BCUT2D eigenvalue weighted by Gasteiger charge is 2.30. The Balaban J connectivity index is 1.47. The molecule has 7 heteroatoms. The van der Waals surface area contributed by atoms with E-state index >= 15 is 0 Å². The molecule has 3 rings (SSSR count). The highest BCUT2D eigenvalue weighted by atomic mass is 19.1. The third-order valence-corrected chi connectivity index (χ3v) is 4.05. The van der Waals surface area contributed by atoms with Crippen LogP contribution in [0.3, 0.4) is 0 Å². The van der Waals surface area contributed by atoms with E-state index in [-0.39, 0.29) is 24.3 Å². The van der Waals surface area contributed by atoms with E-state index in [0.717, 1.165) is 5.56 Å². The number of nitrogens with zero attached hydrogens (tertiary/aromatic N) is 3. The van der Waals surface area contributed by atoms with Crippen molar-refractivity contribution in [2.45, 2.75) is 6.42 Å². The van der Waals surface area contributed by atoms with Crippen molar-refractivity contribution in [3.05, 3.63) is 60.2 Å². The summed E-state index contributed by atoms with van der Waals surface area (Å²) >= 11 is 0. The first-order valence-electron chi connectivity index (χ1n) is 8.11. The number of halogens is 1. The van der Waals surface area contributed by atoms with Crippen LogP contribution in [0, 0.1) is 5.82 Å². The predicted octanol–water partition coefficient (Wildman–Crippen LogP) is 1.82. The van der Waals surface area contributed by atoms with Gasteiger partial charge in [0.15, 0.2) is 0 Å². The molecule has 1 aliphatic heterocycles. The number of amides is 3. The van der Waals surface area contributed by atoms with Crippen LogP contribution in [0.25, 0.3) is 0 Å². The van der Waals surface area contributed by atoms with Gasteiger partial charge in [-0.05, 0) is 48.4 Å². The molecule has 25 heavy (non-hydrogen) atoms. The first-order chi connectivity index (χ1) is 12.1. The Hall–Kier alpha value is -2.96. The number of nitrogens with one attached hydrogen (secondary N) is 1. The van der Waals surface area contributed by atoms with Gasteiger partial charge in [0, 0.05) is 37.7 Å². The lowest BCUT2D eigenvalue weighted by atomic mass is 10.2. The molecule has 3 amide bonds. The number of carbonyl (C=O) groups is 2. The molecule has 1 saturated heterocycles. The maximum atomic E-state index is 13.0. The molecule has 130 valence electrons. The van der Waals surface area contributed by atoms with Crippen LogP contribution < -0.4 is 10.2 Å². The van der Waals surface area contributed by atoms with Gasteiger partial charge in [-0.25, -0.2) is 9.18 Å². The number of hydrogen-bond donors (Lipinski definition) is 1. The Morgan fingerprint density at radius 2 is 1.84 bits per heavy atom. The van der Waals surface area contributed by atoms with E-state index in [1.165, 1.54) is 17.0 Å². The quantitative estimate of drug-likeness (QED) is 0.871. The lowest BCUT2D eigenvalue weighted by Crippen LogP contribution is -2.40. The molecule has 1 aliphatic rings. The Morgan fingerprint density at radius 3 is 2.56 bits per heavy atom. The number of hydrogen-bond acceptors (Lipinski definition) is 3. The van der Waals surface area contributed by atoms with Crippen molar-refractivity contribution in [1.29, 1.82) is 0 Å². The number of carbonyl (C=O) groups excluding carboxylic acids is 2. The van der Waals surface area contributed by atoms with Gasteiger partial charge in [0.2, 0.25) is 5.91 Å². The van der Waals surface area contributed by atoms with Crippen molar-refractivity contribution < 1.29 is 14.0 Å². The van der Waals surface area contributed by atoms with Crippen LogP contribution in [0.2, 0.25) is 0 Å². The minimum Gasteiger partial charge on any atom is -0.354 e. The van der Waals surface area contributed by atoms with Crippen molar-refractivity contribution in [3.8, 4) is 0 Å². The lowest BCUT2D eigenvalue weighted by molar-refractivity contribution is -0.121. The molecule has 0 radical (unpaired) electrons. The molecular weight excluding hydrogens is 323 g/mol. The van der Waals surface area contributed by atoms with Gasteiger partial charge in [-0.2, -0.15) is 0 Å². The number of urea groups is 1. The topological polar surface area (TPSA) is 65.5 Å². The van der Waals surface area contributed by atoms with Gasteiger partial charge in [0.1, 0.15) is 12.4 Å². The average molecular weight is 342 g/mol. The molecule has 0 saturated carbocycles. The highest BCUT2D eigenvalue weighted by molar-refractivity contribution is 5.96. The van der Waals surface area contributed by atoms with E-state index in [1.807, 2.05) is 12.1 Å². The Morgan fingerprint density at radius 1 is 1.12 bits per heavy atom. The fourth-order valence-electron chi connectivity index (χ4n) is 2.71. The average Bonchev–Trinajstić information content (AvgIpc) is 2.97.